The molecule has 1 fully saturated rings. The number of imidazole rings is 1. The molecule has 0 unspecified atom stereocenters. The summed E-state index contributed by atoms with van der Waals surface area (Å²) < 4.78 is 0. The number of amides is 1. The fourth-order valence-corrected chi connectivity index (χ4v) is 5.52. The van der Waals surface area contributed by atoms with Gasteiger partial charge in [0.1, 0.15) is 6.54 Å². The number of tetrazole rings is 1. The highest BCUT2D eigenvalue weighted by Gasteiger charge is 2.25. The smallest absolute Gasteiger partial charge is 0.322 e. The Morgan fingerprint density at radius 1 is 1.19 bits per heavy atom. The lowest BCUT2D eigenvalue weighted by atomic mass is 9.98. The molecule has 0 saturated carbocycles. The third-order valence-electron chi connectivity index (χ3n) is 5.26. The molecule has 0 atom stereocenters. The van der Waals surface area contributed by atoms with Gasteiger partial charge in [-0.1, -0.05) is 32.0 Å². The van der Waals surface area contributed by atoms with Gasteiger partial charge in [0.25, 0.3) is 5.91 Å². The summed E-state index contributed by atoms with van der Waals surface area (Å²) in [6, 6.07) is 9.50. The number of aromatic nitrogens is 6. The molecule has 0 radical (unpaired) electrons. The topological polar surface area (TPSA) is 188 Å². The molecule has 1 saturated heterocycles. The Morgan fingerprint density at radius 3 is 2.64 bits per heavy atom. The number of benzene rings is 2. The second-order valence-corrected chi connectivity index (χ2v) is 9.42. The Balaban J connectivity index is 0.00000148. The highest BCUT2D eigenvalue weighted by atomic mass is 32.2. The SMILES string of the molecule is CC.NSc1c(SC2CNC2)ccc(-c2cccc3[nH]c(C(=O)NCC(=O)O)nc23)c1-c1nn[nH]n1. The van der Waals surface area contributed by atoms with Gasteiger partial charge in [0.2, 0.25) is 5.82 Å². The summed E-state index contributed by atoms with van der Waals surface area (Å²) in [5.74, 6) is -1.34. The number of thioether (sulfide) groups is 1. The molecule has 1 aliphatic heterocycles. The van der Waals surface area contributed by atoms with Crippen molar-refractivity contribution in [2.24, 2.45) is 5.14 Å². The third-order valence-corrected chi connectivity index (χ3v) is 7.31. The van der Waals surface area contributed by atoms with Gasteiger partial charge >= 0.3 is 5.97 Å². The molecule has 1 amide bonds. The van der Waals surface area contributed by atoms with Gasteiger partial charge in [-0.25, -0.2) is 4.98 Å². The van der Waals surface area contributed by atoms with E-state index in [9.17, 15) is 9.59 Å². The second-order valence-electron chi connectivity index (χ2n) is 7.43. The molecular weight excluding hydrogens is 502 g/mol. The average Bonchev–Trinajstić information content (AvgIpc) is 3.55. The zero-order chi connectivity index (χ0) is 25.7. The highest BCUT2D eigenvalue weighted by Crippen LogP contribution is 2.44. The molecule has 36 heavy (non-hydrogen) atoms. The number of fused-ring (bicyclic) bond motifs is 1. The number of para-hydroxylation sites is 1. The van der Waals surface area contributed by atoms with Gasteiger partial charge in [0, 0.05) is 39.3 Å². The molecule has 1 aliphatic rings. The van der Waals surface area contributed by atoms with Crippen LogP contribution in [0.3, 0.4) is 0 Å². The predicted molar refractivity (Wildman–Crippen MR) is 139 cm³/mol. The van der Waals surface area contributed by atoms with Crippen LogP contribution < -0.4 is 15.8 Å². The number of nitrogens with one attached hydrogen (secondary N) is 4. The third kappa shape index (κ3) is 5.21. The maximum Gasteiger partial charge on any atom is 0.322 e. The first-order valence-electron chi connectivity index (χ1n) is 11.2. The summed E-state index contributed by atoms with van der Waals surface area (Å²) in [6.45, 7) is 5.35. The van der Waals surface area contributed by atoms with E-state index in [1.807, 2.05) is 38.1 Å². The first-order chi connectivity index (χ1) is 17.5. The van der Waals surface area contributed by atoms with E-state index in [4.69, 9.17) is 10.2 Å². The minimum atomic E-state index is -1.14. The molecule has 0 bridgehead atoms. The predicted octanol–water partition coefficient (Wildman–Crippen LogP) is 2.28. The Bertz CT molecular complexity index is 1370. The van der Waals surface area contributed by atoms with Gasteiger partial charge in [0.15, 0.2) is 5.82 Å². The van der Waals surface area contributed by atoms with Crippen molar-refractivity contribution in [1.29, 1.82) is 0 Å². The van der Waals surface area contributed by atoms with Crippen LogP contribution in [0.5, 0.6) is 0 Å². The number of aliphatic carboxylic acids is 1. The van der Waals surface area contributed by atoms with Gasteiger partial charge in [-0.15, -0.1) is 22.0 Å². The quantitative estimate of drug-likeness (QED) is 0.184. The van der Waals surface area contributed by atoms with Crippen LogP contribution in [0, 0.1) is 0 Å². The van der Waals surface area contributed by atoms with Crippen LogP contribution in [0.4, 0.5) is 0 Å². The van der Waals surface area contributed by atoms with E-state index in [1.165, 1.54) is 0 Å². The highest BCUT2D eigenvalue weighted by molar-refractivity contribution is 8.02. The summed E-state index contributed by atoms with van der Waals surface area (Å²) in [7, 11) is 0. The average molecular weight is 528 g/mol. The van der Waals surface area contributed by atoms with Gasteiger partial charge in [0.05, 0.1) is 11.0 Å². The number of aromatic amines is 2. The van der Waals surface area contributed by atoms with Crippen LogP contribution in [-0.4, -0.2) is 72.5 Å². The standard InChI is InChI=1S/C20H19N9O3S2.C2H6/c21-34-17-13(33-9-6-22-7-9)5-4-10(15(17)18-26-28-29-27-18)11-2-1-3-12-16(11)25-19(24-12)20(32)23-8-14(30)31;1-2/h1-5,9,22H,6-8,21H2,(H,23,32)(H,24,25)(H,30,31)(H,26,27,28,29);1-2H3. The van der Waals surface area contributed by atoms with Gasteiger partial charge < -0.3 is 20.7 Å². The summed E-state index contributed by atoms with van der Waals surface area (Å²) in [4.78, 5) is 32.4. The molecule has 12 nitrogen and oxygen atoms in total. The maximum absolute atomic E-state index is 12.4. The number of nitrogens with two attached hydrogens (primary N) is 1. The van der Waals surface area contributed by atoms with Crippen molar-refractivity contribution in [3.63, 3.8) is 0 Å². The van der Waals surface area contributed by atoms with Crippen LogP contribution in [0.2, 0.25) is 0 Å². The Kier molecular flexibility index (Phi) is 8.20. The number of rotatable bonds is 8. The van der Waals surface area contributed by atoms with Crippen LogP contribution in [0.15, 0.2) is 40.1 Å². The second kappa shape index (κ2) is 11.5. The number of carboxylic acid groups (broad SMARTS) is 1. The number of hydrogen-bond donors (Lipinski definition) is 6. The number of H-pyrrole nitrogens is 2. The van der Waals surface area contributed by atoms with Crippen molar-refractivity contribution in [1.82, 2.24) is 41.2 Å². The lowest BCUT2D eigenvalue weighted by molar-refractivity contribution is -0.135. The molecule has 14 heteroatoms. The van der Waals surface area contributed by atoms with Crippen LogP contribution in [-0.2, 0) is 4.79 Å². The molecule has 188 valence electrons. The zero-order valence-corrected chi connectivity index (χ0v) is 21.2. The number of nitrogens with zero attached hydrogens (tertiary/aromatic N) is 4. The van der Waals surface area contributed by atoms with Crippen molar-refractivity contribution in [2.75, 3.05) is 19.6 Å². The molecule has 2 aromatic carbocycles. The van der Waals surface area contributed by atoms with Gasteiger partial charge in [-0.3, -0.25) is 14.7 Å². The lowest BCUT2D eigenvalue weighted by Crippen LogP contribution is -2.44. The number of carboxylic acids is 1. The summed E-state index contributed by atoms with van der Waals surface area (Å²) in [5.41, 5.74) is 3.40. The van der Waals surface area contributed by atoms with Crippen molar-refractivity contribution in [2.45, 2.75) is 28.9 Å². The van der Waals surface area contributed by atoms with E-state index >= 15 is 0 Å². The van der Waals surface area contributed by atoms with E-state index in [2.05, 4.69) is 41.2 Å². The maximum atomic E-state index is 12.4. The summed E-state index contributed by atoms with van der Waals surface area (Å²) >= 11 is 2.86. The molecule has 0 spiro atoms. The van der Waals surface area contributed by atoms with Crippen molar-refractivity contribution < 1.29 is 14.7 Å². The monoisotopic (exact) mass is 527 g/mol. The van der Waals surface area contributed by atoms with E-state index in [0.717, 1.165) is 46.0 Å². The van der Waals surface area contributed by atoms with Crippen LogP contribution in [0.25, 0.3) is 33.5 Å². The first-order valence-corrected chi connectivity index (χ1v) is 12.9. The lowest BCUT2D eigenvalue weighted by Gasteiger charge is -2.27. The van der Waals surface area contributed by atoms with Crippen LogP contribution in [0.1, 0.15) is 24.5 Å². The fourth-order valence-electron chi connectivity index (χ4n) is 3.61. The fraction of sp³-hybridized carbons (Fsp3) is 0.273. The molecule has 0 aliphatic carbocycles. The van der Waals surface area contributed by atoms with E-state index < -0.39 is 18.4 Å². The van der Waals surface area contributed by atoms with Crippen molar-refractivity contribution in [3.8, 4) is 22.5 Å². The molecule has 7 N–H and O–H groups in total. The molecule has 2 aromatic heterocycles. The largest absolute Gasteiger partial charge is 0.480 e. The van der Waals surface area contributed by atoms with E-state index in [1.54, 1.807) is 17.8 Å². The Labute approximate surface area is 214 Å². The van der Waals surface area contributed by atoms with Crippen LogP contribution >= 0.6 is 23.7 Å². The number of hydrogen-bond acceptors (Lipinski definition) is 10. The van der Waals surface area contributed by atoms with Crippen molar-refractivity contribution in [3.05, 3.63) is 36.2 Å². The van der Waals surface area contributed by atoms with E-state index in [0.29, 0.717) is 27.7 Å². The summed E-state index contributed by atoms with van der Waals surface area (Å²) in [5, 5.41) is 35.6. The zero-order valence-electron chi connectivity index (χ0n) is 19.5. The van der Waals surface area contributed by atoms with Gasteiger partial charge in [-0.2, -0.15) is 5.21 Å². The van der Waals surface area contributed by atoms with Crippen molar-refractivity contribution >= 4 is 46.6 Å². The van der Waals surface area contributed by atoms with E-state index in [-0.39, 0.29) is 5.82 Å². The summed E-state index contributed by atoms with van der Waals surface area (Å²) in [6.07, 6.45) is 0. The molecular formula is C22H25N9O3S2. The molecule has 5 rings (SSSR count). The minimum Gasteiger partial charge on any atom is -0.480 e. The Hall–Kier alpha value is -3.46. The molecule has 3 heterocycles. The normalized spacial score (nSPS) is 13.1. The van der Waals surface area contributed by atoms with Gasteiger partial charge in [-0.05, 0) is 34.9 Å². The molecule has 4 aromatic rings. The Morgan fingerprint density at radius 2 is 2.00 bits per heavy atom. The minimum absolute atomic E-state index is 0.0166. The number of carbonyl (C=O) groups excluding carboxylic acids is 1. The number of carbonyl (C=O) groups is 2. The first kappa shape index (κ1) is 25.6.